The Morgan fingerprint density at radius 3 is 2.95 bits per heavy atom. The maximum atomic E-state index is 6.21. The van der Waals surface area contributed by atoms with Gasteiger partial charge in [-0.1, -0.05) is 23.7 Å². The molecule has 1 saturated heterocycles. The van der Waals surface area contributed by atoms with Gasteiger partial charge in [0.25, 0.3) is 0 Å². The summed E-state index contributed by atoms with van der Waals surface area (Å²) in [5.74, 6) is 1.44. The molecule has 3 nitrogen and oxygen atoms in total. The van der Waals surface area contributed by atoms with E-state index in [4.69, 9.17) is 22.1 Å². The summed E-state index contributed by atoms with van der Waals surface area (Å²) in [6.45, 7) is 7.77. The second-order valence-electron chi connectivity index (χ2n) is 5.30. The van der Waals surface area contributed by atoms with Gasteiger partial charge in [0.15, 0.2) is 0 Å². The lowest BCUT2D eigenvalue weighted by atomic mass is 10.0. The monoisotopic (exact) mass is 282 g/mol. The van der Waals surface area contributed by atoms with Gasteiger partial charge in [-0.05, 0) is 38.8 Å². The van der Waals surface area contributed by atoms with Gasteiger partial charge >= 0.3 is 0 Å². The molecule has 0 aliphatic carbocycles. The summed E-state index contributed by atoms with van der Waals surface area (Å²) in [6.07, 6.45) is 1.18. The zero-order valence-corrected chi connectivity index (χ0v) is 12.5. The molecular weight excluding hydrogens is 260 g/mol. The molecule has 1 aliphatic rings. The van der Waals surface area contributed by atoms with Crippen LogP contribution in [0.1, 0.15) is 25.8 Å². The first kappa shape index (κ1) is 14.6. The number of benzene rings is 1. The molecule has 19 heavy (non-hydrogen) atoms. The number of para-hydroxylation sites is 1. The third-order valence-corrected chi connectivity index (χ3v) is 4.08. The average Bonchev–Trinajstić information content (AvgIpc) is 2.82. The predicted octanol–water partition coefficient (Wildman–Crippen LogP) is 2.91. The van der Waals surface area contributed by atoms with Crippen molar-refractivity contribution in [1.29, 1.82) is 0 Å². The zero-order chi connectivity index (χ0) is 13.8. The van der Waals surface area contributed by atoms with Crippen LogP contribution < -0.4 is 10.5 Å². The third kappa shape index (κ3) is 3.62. The van der Waals surface area contributed by atoms with Crippen molar-refractivity contribution >= 4 is 11.6 Å². The molecule has 0 spiro atoms. The summed E-state index contributed by atoms with van der Waals surface area (Å²) in [7, 11) is 0. The van der Waals surface area contributed by atoms with Gasteiger partial charge in [0, 0.05) is 24.7 Å². The van der Waals surface area contributed by atoms with E-state index in [-0.39, 0.29) is 6.04 Å². The van der Waals surface area contributed by atoms with Crippen LogP contribution in [0.2, 0.25) is 5.02 Å². The molecule has 1 aliphatic heterocycles. The fourth-order valence-corrected chi connectivity index (χ4v) is 2.91. The Morgan fingerprint density at radius 1 is 1.53 bits per heavy atom. The molecule has 2 atom stereocenters. The number of hydrogen-bond acceptors (Lipinski definition) is 3. The van der Waals surface area contributed by atoms with E-state index >= 15 is 0 Å². The van der Waals surface area contributed by atoms with Gasteiger partial charge in [0.2, 0.25) is 0 Å². The minimum Gasteiger partial charge on any atom is -0.492 e. The van der Waals surface area contributed by atoms with Crippen molar-refractivity contribution < 1.29 is 4.74 Å². The Morgan fingerprint density at radius 2 is 2.32 bits per heavy atom. The molecule has 2 N–H and O–H groups in total. The van der Waals surface area contributed by atoms with Crippen molar-refractivity contribution in [2.24, 2.45) is 11.7 Å². The topological polar surface area (TPSA) is 38.5 Å². The SMILES string of the molecule is CCOc1c(Cl)cccc1CN1CCC(C(C)N)C1. The van der Waals surface area contributed by atoms with Crippen LogP contribution in [0.3, 0.4) is 0 Å². The molecular formula is C15H23ClN2O. The molecule has 1 heterocycles. The number of rotatable bonds is 5. The van der Waals surface area contributed by atoms with Crippen LogP contribution in [-0.2, 0) is 6.54 Å². The summed E-state index contributed by atoms with van der Waals surface area (Å²) >= 11 is 6.21. The molecule has 1 aromatic rings. The number of likely N-dealkylation sites (tertiary alicyclic amines) is 1. The first-order valence-electron chi connectivity index (χ1n) is 7.00. The second-order valence-corrected chi connectivity index (χ2v) is 5.71. The minimum atomic E-state index is 0.274. The predicted molar refractivity (Wildman–Crippen MR) is 79.7 cm³/mol. The summed E-state index contributed by atoms with van der Waals surface area (Å²) in [6, 6.07) is 6.23. The van der Waals surface area contributed by atoms with Crippen molar-refractivity contribution in [3.8, 4) is 5.75 Å². The first-order chi connectivity index (χ1) is 9.11. The van der Waals surface area contributed by atoms with E-state index in [0.717, 1.165) is 25.4 Å². The standard InChI is InChI=1S/C15H23ClN2O/c1-3-19-15-13(5-4-6-14(15)16)10-18-8-7-12(9-18)11(2)17/h4-6,11-12H,3,7-10,17H2,1-2H3. The molecule has 1 fully saturated rings. The highest BCUT2D eigenvalue weighted by atomic mass is 35.5. The fraction of sp³-hybridized carbons (Fsp3) is 0.600. The van der Waals surface area contributed by atoms with Crippen LogP contribution in [0.5, 0.6) is 5.75 Å². The summed E-state index contributed by atoms with van der Waals surface area (Å²) in [5, 5.41) is 0.697. The van der Waals surface area contributed by atoms with E-state index < -0.39 is 0 Å². The third-order valence-electron chi connectivity index (χ3n) is 3.78. The van der Waals surface area contributed by atoms with E-state index in [9.17, 15) is 0 Å². The first-order valence-corrected chi connectivity index (χ1v) is 7.37. The molecule has 106 valence electrons. The van der Waals surface area contributed by atoms with Crippen LogP contribution in [0.4, 0.5) is 0 Å². The molecule has 0 saturated carbocycles. The summed E-state index contributed by atoms with van der Waals surface area (Å²) < 4.78 is 5.67. The van der Waals surface area contributed by atoms with Gasteiger partial charge in [0.1, 0.15) is 5.75 Å². The Bertz CT molecular complexity index is 423. The van der Waals surface area contributed by atoms with E-state index in [1.54, 1.807) is 0 Å². The van der Waals surface area contributed by atoms with Crippen molar-refractivity contribution in [2.45, 2.75) is 32.9 Å². The van der Waals surface area contributed by atoms with Crippen molar-refractivity contribution in [1.82, 2.24) is 4.90 Å². The Labute approximate surface area is 120 Å². The molecule has 0 radical (unpaired) electrons. The number of hydrogen-bond donors (Lipinski definition) is 1. The van der Waals surface area contributed by atoms with Gasteiger partial charge in [-0.15, -0.1) is 0 Å². The van der Waals surface area contributed by atoms with Crippen molar-refractivity contribution in [3.63, 3.8) is 0 Å². The van der Waals surface area contributed by atoms with E-state index in [1.165, 1.54) is 12.0 Å². The van der Waals surface area contributed by atoms with E-state index in [1.807, 2.05) is 19.1 Å². The molecule has 1 aromatic carbocycles. The van der Waals surface area contributed by atoms with Crippen LogP contribution in [0.15, 0.2) is 18.2 Å². The molecule has 4 heteroatoms. The van der Waals surface area contributed by atoms with Gasteiger partial charge < -0.3 is 10.5 Å². The van der Waals surface area contributed by atoms with Crippen LogP contribution in [0, 0.1) is 5.92 Å². The smallest absolute Gasteiger partial charge is 0.142 e. The van der Waals surface area contributed by atoms with Crippen LogP contribution in [0.25, 0.3) is 0 Å². The quantitative estimate of drug-likeness (QED) is 0.902. The molecule has 2 unspecified atom stereocenters. The van der Waals surface area contributed by atoms with Gasteiger partial charge in [-0.25, -0.2) is 0 Å². The van der Waals surface area contributed by atoms with Crippen molar-refractivity contribution in [2.75, 3.05) is 19.7 Å². The van der Waals surface area contributed by atoms with Crippen LogP contribution >= 0.6 is 11.6 Å². The summed E-state index contributed by atoms with van der Waals surface area (Å²) in [4.78, 5) is 2.43. The van der Waals surface area contributed by atoms with Gasteiger partial charge in [-0.3, -0.25) is 4.90 Å². The fourth-order valence-electron chi connectivity index (χ4n) is 2.66. The molecule has 0 amide bonds. The Balaban J connectivity index is 2.05. The minimum absolute atomic E-state index is 0.274. The van der Waals surface area contributed by atoms with E-state index in [2.05, 4.69) is 17.9 Å². The number of ether oxygens (including phenoxy) is 1. The Kier molecular flexibility index (Phi) is 5.08. The largest absolute Gasteiger partial charge is 0.492 e. The average molecular weight is 283 g/mol. The zero-order valence-electron chi connectivity index (χ0n) is 11.7. The lowest BCUT2D eigenvalue weighted by Crippen LogP contribution is -2.29. The second kappa shape index (κ2) is 6.60. The lowest BCUT2D eigenvalue weighted by molar-refractivity contribution is 0.292. The number of nitrogens with two attached hydrogens (primary N) is 1. The highest BCUT2D eigenvalue weighted by molar-refractivity contribution is 6.32. The molecule has 0 aromatic heterocycles. The number of nitrogens with zero attached hydrogens (tertiary/aromatic N) is 1. The molecule has 2 rings (SSSR count). The number of halogens is 1. The highest BCUT2D eigenvalue weighted by Gasteiger charge is 2.25. The molecule has 0 bridgehead atoms. The highest BCUT2D eigenvalue weighted by Crippen LogP contribution is 2.31. The van der Waals surface area contributed by atoms with Gasteiger partial charge in [0.05, 0.1) is 11.6 Å². The van der Waals surface area contributed by atoms with E-state index in [0.29, 0.717) is 17.5 Å². The normalized spacial score (nSPS) is 21.6. The lowest BCUT2D eigenvalue weighted by Gasteiger charge is -2.20. The summed E-state index contributed by atoms with van der Waals surface area (Å²) in [5.41, 5.74) is 7.15. The maximum absolute atomic E-state index is 6.21. The van der Waals surface area contributed by atoms with Crippen molar-refractivity contribution in [3.05, 3.63) is 28.8 Å². The Hall–Kier alpha value is -0.770. The van der Waals surface area contributed by atoms with Crippen LogP contribution in [-0.4, -0.2) is 30.6 Å². The maximum Gasteiger partial charge on any atom is 0.142 e. The van der Waals surface area contributed by atoms with Gasteiger partial charge in [-0.2, -0.15) is 0 Å².